The zero-order valence-electron chi connectivity index (χ0n) is 9.50. The molecule has 3 nitrogen and oxygen atoms in total. The molecule has 1 rings (SSSR count). The van der Waals surface area contributed by atoms with Crippen LogP contribution in [0.3, 0.4) is 0 Å². The standard InChI is InChI=1S/C12H16O3/c1-7(2)9-6-10(12(14)15-4)11(13)5-8(9)3/h5-7,13H,1-4H3. The largest absolute Gasteiger partial charge is 0.507 e. The van der Waals surface area contributed by atoms with Crippen molar-refractivity contribution in [2.45, 2.75) is 26.7 Å². The van der Waals surface area contributed by atoms with Crippen LogP contribution in [-0.2, 0) is 4.74 Å². The lowest BCUT2D eigenvalue weighted by Gasteiger charge is -2.12. The van der Waals surface area contributed by atoms with Gasteiger partial charge in [0.2, 0.25) is 0 Å². The number of esters is 1. The summed E-state index contributed by atoms with van der Waals surface area (Å²) in [5, 5.41) is 9.60. The highest BCUT2D eigenvalue weighted by atomic mass is 16.5. The van der Waals surface area contributed by atoms with Crippen LogP contribution in [0.2, 0.25) is 0 Å². The first kappa shape index (κ1) is 11.6. The van der Waals surface area contributed by atoms with Gasteiger partial charge in [0.15, 0.2) is 0 Å². The van der Waals surface area contributed by atoms with Crippen molar-refractivity contribution in [1.29, 1.82) is 0 Å². The second kappa shape index (κ2) is 4.34. The van der Waals surface area contributed by atoms with Gasteiger partial charge in [-0.15, -0.1) is 0 Å². The summed E-state index contributed by atoms with van der Waals surface area (Å²) in [6.07, 6.45) is 0. The maximum absolute atomic E-state index is 11.3. The monoisotopic (exact) mass is 208 g/mol. The molecule has 0 radical (unpaired) electrons. The van der Waals surface area contributed by atoms with Crippen LogP contribution in [0.1, 0.15) is 41.3 Å². The molecule has 0 fully saturated rings. The molecule has 0 saturated carbocycles. The van der Waals surface area contributed by atoms with Gasteiger partial charge in [0, 0.05) is 0 Å². The van der Waals surface area contributed by atoms with Crippen molar-refractivity contribution in [2.75, 3.05) is 7.11 Å². The van der Waals surface area contributed by atoms with Crippen molar-refractivity contribution < 1.29 is 14.6 Å². The van der Waals surface area contributed by atoms with E-state index in [1.807, 2.05) is 20.8 Å². The lowest BCUT2D eigenvalue weighted by Crippen LogP contribution is -2.04. The number of hydrogen-bond acceptors (Lipinski definition) is 3. The molecule has 0 aliphatic rings. The molecule has 0 aliphatic heterocycles. The average Bonchev–Trinajstić information content (AvgIpc) is 2.16. The summed E-state index contributed by atoms with van der Waals surface area (Å²) in [6, 6.07) is 3.29. The van der Waals surface area contributed by atoms with E-state index in [2.05, 4.69) is 4.74 Å². The van der Waals surface area contributed by atoms with Crippen LogP contribution in [0.5, 0.6) is 5.75 Å². The molecule has 0 aliphatic carbocycles. The van der Waals surface area contributed by atoms with E-state index in [1.54, 1.807) is 12.1 Å². The highest BCUT2D eigenvalue weighted by Gasteiger charge is 2.15. The molecule has 0 atom stereocenters. The quantitative estimate of drug-likeness (QED) is 0.760. The number of aryl methyl sites for hydroxylation is 1. The third-order valence-corrected chi connectivity index (χ3v) is 2.41. The van der Waals surface area contributed by atoms with Crippen molar-refractivity contribution in [3.63, 3.8) is 0 Å². The van der Waals surface area contributed by atoms with Gasteiger partial charge in [0.25, 0.3) is 0 Å². The molecular formula is C12H16O3. The normalized spacial score (nSPS) is 10.5. The number of hydrogen-bond donors (Lipinski definition) is 1. The average molecular weight is 208 g/mol. The third kappa shape index (κ3) is 2.29. The van der Waals surface area contributed by atoms with Crippen LogP contribution in [0, 0.1) is 6.92 Å². The zero-order valence-corrected chi connectivity index (χ0v) is 9.50. The molecule has 0 aromatic heterocycles. The van der Waals surface area contributed by atoms with Crippen LogP contribution in [0.15, 0.2) is 12.1 Å². The summed E-state index contributed by atoms with van der Waals surface area (Å²) in [6.45, 7) is 6.00. The molecular weight excluding hydrogens is 192 g/mol. The van der Waals surface area contributed by atoms with Crippen LogP contribution in [0.25, 0.3) is 0 Å². The fraction of sp³-hybridized carbons (Fsp3) is 0.417. The van der Waals surface area contributed by atoms with Crippen LogP contribution >= 0.6 is 0 Å². The molecule has 0 amide bonds. The van der Waals surface area contributed by atoms with Crippen molar-refractivity contribution >= 4 is 5.97 Å². The maximum atomic E-state index is 11.3. The minimum Gasteiger partial charge on any atom is -0.507 e. The number of carbonyl (C=O) groups is 1. The molecule has 1 aromatic rings. The molecule has 0 unspecified atom stereocenters. The summed E-state index contributed by atoms with van der Waals surface area (Å²) >= 11 is 0. The Kier molecular flexibility index (Phi) is 3.35. The van der Waals surface area contributed by atoms with E-state index < -0.39 is 5.97 Å². The smallest absolute Gasteiger partial charge is 0.341 e. The van der Waals surface area contributed by atoms with Crippen LogP contribution < -0.4 is 0 Å². The molecule has 0 heterocycles. The number of benzene rings is 1. The molecule has 3 heteroatoms. The van der Waals surface area contributed by atoms with Gasteiger partial charge in [0.05, 0.1) is 7.11 Å². The van der Waals surface area contributed by atoms with Gasteiger partial charge in [-0.2, -0.15) is 0 Å². The lowest BCUT2D eigenvalue weighted by atomic mass is 9.95. The van der Waals surface area contributed by atoms with Crippen molar-refractivity contribution in [3.05, 3.63) is 28.8 Å². The summed E-state index contributed by atoms with van der Waals surface area (Å²) < 4.78 is 4.59. The second-order valence-corrected chi connectivity index (χ2v) is 3.87. The minimum absolute atomic E-state index is 0.0243. The molecule has 1 aromatic carbocycles. The van der Waals surface area contributed by atoms with Crippen molar-refractivity contribution in [3.8, 4) is 5.75 Å². The number of aromatic hydroxyl groups is 1. The fourth-order valence-electron chi connectivity index (χ4n) is 1.60. The van der Waals surface area contributed by atoms with E-state index in [1.165, 1.54) is 7.11 Å². The highest BCUT2D eigenvalue weighted by Crippen LogP contribution is 2.27. The maximum Gasteiger partial charge on any atom is 0.341 e. The van der Waals surface area contributed by atoms with Crippen LogP contribution in [0.4, 0.5) is 0 Å². The predicted molar refractivity (Wildman–Crippen MR) is 58.3 cm³/mol. The van der Waals surface area contributed by atoms with Gasteiger partial charge in [-0.05, 0) is 36.1 Å². The van der Waals surface area contributed by atoms with Gasteiger partial charge in [-0.1, -0.05) is 13.8 Å². The summed E-state index contributed by atoms with van der Waals surface area (Å²) in [7, 11) is 1.30. The predicted octanol–water partition coefficient (Wildman–Crippen LogP) is 2.61. The molecule has 0 bridgehead atoms. The Labute approximate surface area is 89.7 Å². The Hall–Kier alpha value is -1.51. The Morgan fingerprint density at radius 1 is 1.40 bits per heavy atom. The Bertz CT molecular complexity index is 381. The molecule has 0 saturated heterocycles. The van der Waals surface area contributed by atoms with E-state index in [0.717, 1.165) is 11.1 Å². The summed E-state index contributed by atoms with van der Waals surface area (Å²) in [4.78, 5) is 11.3. The van der Waals surface area contributed by atoms with Crippen molar-refractivity contribution in [1.82, 2.24) is 0 Å². The lowest BCUT2D eigenvalue weighted by molar-refractivity contribution is 0.0597. The first-order valence-electron chi connectivity index (χ1n) is 4.89. The van der Waals surface area contributed by atoms with E-state index in [-0.39, 0.29) is 11.3 Å². The van der Waals surface area contributed by atoms with Crippen LogP contribution in [-0.4, -0.2) is 18.2 Å². The number of phenols is 1. The number of carbonyl (C=O) groups excluding carboxylic acids is 1. The topological polar surface area (TPSA) is 46.5 Å². The SMILES string of the molecule is COC(=O)c1cc(C(C)C)c(C)cc1O. The van der Waals surface area contributed by atoms with E-state index >= 15 is 0 Å². The van der Waals surface area contributed by atoms with E-state index in [4.69, 9.17) is 0 Å². The van der Waals surface area contributed by atoms with Gasteiger partial charge < -0.3 is 9.84 Å². The fourth-order valence-corrected chi connectivity index (χ4v) is 1.60. The second-order valence-electron chi connectivity index (χ2n) is 3.87. The highest BCUT2D eigenvalue weighted by molar-refractivity contribution is 5.92. The third-order valence-electron chi connectivity index (χ3n) is 2.41. The van der Waals surface area contributed by atoms with Crippen molar-refractivity contribution in [2.24, 2.45) is 0 Å². The summed E-state index contributed by atoms with van der Waals surface area (Å²) in [5.41, 5.74) is 2.26. The van der Waals surface area contributed by atoms with Gasteiger partial charge in [0.1, 0.15) is 11.3 Å². The summed E-state index contributed by atoms with van der Waals surface area (Å²) in [5.74, 6) is -0.216. The number of ether oxygens (including phenoxy) is 1. The van der Waals surface area contributed by atoms with E-state index in [9.17, 15) is 9.90 Å². The molecule has 82 valence electrons. The Morgan fingerprint density at radius 2 is 2.00 bits per heavy atom. The number of phenolic OH excluding ortho intramolecular Hbond substituents is 1. The van der Waals surface area contributed by atoms with E-state index in [0.29, 0.717) is 5.92 Å². The zero-order chi connectivity index (χ0) is 11.6. The molecule has 0 spiro atoms. The minimum atomic E-state index is -0.505. The molecule has 1 N–H and O–H groups in total. The Balaban J connectivity index is 3.29. The molecule has 15 heavy (non-hydrogen) atoms. The number of rotatable bonds is 2. The first-order chi connectivity index (χ1) is 6.97. The first-order valence-corrected chi connectivity index (χ1v) is 4.89. The van der Waals surface area contributed by atoms with Gasteiger partial charge >= 0.3 is 5.97 Å². The number of methoxy groups -OCH3 is 1. The van der Waals surface area contributed by atoms with Gasteiger partial charge in [-0.25, -0.2) is 4.79 Å². The van der Waals surface area contributed by atoms with Gasteiger partial charge in [-0.3, -0.25) is 0 Å². The Morgan fingerprint density at radius 3 is 2.47 bits per heavy atom.